The van der Waals surface area contributed by atoms with E-state index in [0.29, 0.717) is 6.42 Å². The molecule has 2 heterocycles. The van der Waals surface area contributed by atoms with Gasteiger partial charge in [0.1, 0.15) is 48.8 Å². The lowest BCUT2D eigenvalue weighted by Crippen LogP contribution is -2.65. The fourth-order valence-corrected chi connectivity index (χ4v) is 11.5. The zero-order chi connectivity index (χ0) is 58.1. The molecular weight excluding hydrogens is 1010 g/mol. The number of amides is 1. The fourth-order valence-electron chi connectivity index (χ4n) is 11.5. The Morgan fingerprint density at radius 3 is 1.15 bits per heavy atom. The molecule has 80 heavy (non-hydrogen) atoms. The van der Waals surface area contributed by atoms with E-state index in [4.69, 9.17) is 18.9 Å². The number of carbonyl (C=O) groups excluding carboxylic acids is 1. The highest BCUT2D eigenvalue weighted by Gasteiger charge is 2.51. The van der Waals surface area contributed by atoms with Crippen LogP contribution in [0.15, 0.2) is 12.2 Å². The standard InChI is InChI=1S/C66H127NO13/c1-3-5-7-9-11-13-15-17-18-19-20-21-22-23-24-25-26-27-28-29-30-31-32-33-34-35-36-38-40-42-44-46-48-50-58(71)67-54(55(70)49-47-45-43-41-39-37-16-14-12-10-8-6-4-2)53-77-65-63(76)61(74)64(57(52-69)79-65)80-66-62(75)60(73)59(72)56(51-68)78-66/h47,49,54-57,59-66,68-70,72-76H,3-46,48,50-53H2,1-2H3,(H,67,71)/b49-47+. The first-order valence-electron chi connectivity index (χ1n) is 33.9. The minimum absolute atomic E-state index is 0.233. The van der Waals surface area contributed by atoms with Crippen molar-refractivity contribution < 1.29 is 64.6 Å². The molecule has 0 aromatic heterocycles. The second kappa shape index (κ2) is 52.1. The minimum Gasteiger partial charge on any atom is -0.394 e. The molecule has 12 atom stereocenters. The van der Waals surface area contributed by atoms with Crippen molar-refractivity contribution in [3.63, 3.8) is 0 Å². The normalized spacial score (nSPS) is 24.2. The zero-order valence-corrected chi connectivity index (χ0v) is 51.4. The van der Waals surface area contributed by atoms with Crippen LogP contribution in [0.2, 0.25) is 0 Å². The van der Waals surface area contributed by atoms with Gasteiger partial charge in [-0.2, -0.15) is 0 Å². The Hall–Kier alpha value is -1.27. The molecule has 0 aromatic rings. The Bertz CT molecular complexity index is 1390. The largest absolute Gasteiger partial charge is 0.394 e. The molecule has 0 spiro atoms. The van der Waals surface area contributed by atoms with Gasteiger partial charge in [0.15, 0.2) is 12.6 Å². The maximum atomic E-state index is 13.3. The quantitative estimate of drug-likeness (QED) is 0.0204. The summed E-state index contributed by atoms with van der Waals surface area (Å²) in [4.78, 5) is 13.3. The van der Waals surface area contributed by atoms with Gasteiger partial charge in [-0.3, -0.25) is 4.79 Å². The summed E-state index contributed by atoms with van der Waals surface area (Å²) in [7, 11) is 0. The van der Waals surface area contributed by atoms with Gasteiger partial charge in [-0.15, -0.1) is 0 Å². The Labute approximate surface area is 488 Å². The highest BCUT2D eigenvalue weighted by atomic mass is 16.7. The Balaban J connectivity index is 1.60. The van der Waals surface area contributed by atoms with Gasteiger partial charge < -0.3 is 65.1 Å². The summed E-state index contributed by atoms with van der Waals surface area (Å²) in [5.41, 5.74) is 0. The second-order valence-corrected chi connectivity index (χ2v) is 24.3. The molecule has 14 nitrogen and oxygen atoms in total. The third-order valence-corrected chi connectivity index (χ3v) is 17.0. The zero-order valence-electron chi connectivity index (χ0n) is 51.4. The number of carbonyl (C=O) groups is 1. The molecule has 2 rings (SSSR count). The summed E-state index contributed by atoms with van der Waals surface area (Å²) < 4.78 is 22.8. The highest BCUT2D eigenvalue weighted by Crippen LogP contribution is 2.30. The third-order valence-electron chi connectivity index (χ3n) is 17.0. The SMILES string of the molecule is CCCCCCCCCCCCC/C=C/C(O)C(COC1OC(CO)C(OC2OC(CO)C(O)C(O)C2O)C(O)C1O)NC(=O)CCCCCCCCCCCCCCCCCCCCCCCCCCCCCCCCCCC. The van der Waals surface area contributed by atoms with Crippen LogP contribution < -0.4 is 5.32 Å². The van der Waals surface area contributed by atoms with Gasteiger partial charge in [0.05, 0.1) is 32.0 Å². The van der Waals surface area contributed by atoms with Crippen molar-refractivity contribution in [3.8, 4) is 0 Å². The Kier molecular flexibility index (Phi) is 48.7. The van der Waals surface area contributed by atoms with Gasteiger partial charge >= 0.3 is 0 Å². The minimum atomic E-state index is -1.79. The summed E-state index contributed by atoms with van der Waals surface area (Å²) in [6, 6.07) is -0.909. The van der Waals surface area contributed by atoms with E-state index in [1.807, 2.05) is 6.08 Å². The first-order valence-corrected chi connectivity index (χ1v) is 33.9. The number of aliphatic hydroxyl groups is 8. The summed E-state index contributed by atoms with van der Waals surface area (Å²) in [5, 5.41) is 87.1. The van der Waals surface area contributed by atoms with Crippen molar-refractivity contribution in [3.05, 3.63) is 12.2 Å². The molecule has 0 bridgehead atoms. The van der Waals surface area contributed by atoms with Crippen LogP contribution in [0.5, 0.6) is 0 Å². The number of rotatable bonds is 56. The van der Waals surface area contributed by atoms with Crippen LogP contribution in [-0.2, 0) is 23.7 Å². The number of aliphatic hydroxyl groups excluding tert-OH is 8. The van der Waals surface area contributed by atoms with E-state index in [2.05, 4.69) is 19.2 Å². The molecule has 2 fully saturated rings. The molecule has 2 aliphatic rings. The predicted octanol–water partition coefficient (Wildman–Crippen LogP) is 13.0. The monoisotopic (exact) mass is 1140 g/mol. The lowest BCUT2D eigenvalue weighted by molar-refractivity contribution is -0.359. The summed E-state index contributed by atoms with van der Waals surface area (Å²) >= 11 is 0. The summed E-state index contributed by atoms with van der Waals surface area (Å²) in [6.45, 7) is 2.83. The summed E-state index contributed by atoms with van der Waals surface area (Å²) in [5.74, 6) is -0.233. The molecule has 474 valence electrons. The van der Waals surface area contributed by atoms with E-state index in [1.54, 1.807) is 6.08 Å². The topological polar surface area (TPSA) is 228 Å². The molecule has 12 unspecified atom stereocenters. The molecule has 0 saturated carbocycles. The number of nitrogens with one attached hydrogen (secondary N) is 1. The van der Waals surface area contributed by atoms with Crippen LogP contribution in [0.4, 0.5) is 0 Å². The van der Waals surface area contributed by atoms with E-state index in [1.165, 1.54) is 244 Å². The number of ether oxygens (including phenoxy) is 4. The smallest absolute Gasteiger partial charge is 0.220 e. The Morgan fingerprint density at radius 1 is 0.438 bits per heavy atom. The molecule has 2 saturated heterocycles. The van der Waals surface area contributed by atoms with Gasteiger partial charge in [-0.05, 0) is 19.3 Å². The van der Waals surface area contributed by atoms with Crippen LogP contribution in [-0.4, -0.2) is 140 Å². The molecular formula is C66H127NO13. The van der Waals surface area contributed by atoms with Gasteiger partial charge in [0.25, 0.3) is 0 Å². The lowest BCUT2D eigenvalue weighted by Gasteiger charge is -2.46. The molecule has 14 heteroatoms. The van der Waals surface area contributed by atoms with E-state index in [0.717, 1.165) is 38.5 Å². The fraction of sp³-hybridized carbons (Fsp3) is 0.955. The lowest BCUT2D eigenvalue weighted by atomic mass is 9.97. The van der Waals surface area contributed by atoms with Gasteiger partial charge in [0, 0.05) is 6.42 Å². The third kappa shape index (κ3) is 36.5. The van der Waals surface area contributed by atoms with Gasteiger partial charge in [-0.1, -0.05) is 296 Å². The van der Waals surface area contributed by atoms with E-state index < -0.39 is 86.8 Å². The van der Waals surface area contributed by atoms with Crippen LogP contribution in [0.25, 0.3) is 0 Å². The number of unbranched alkanes of at least 4 members (excludes halogenated alkanes) is 43. The number of hydrogen-bond donors (Lipinski definition) is 9. The predicted molar refractivity (Wildman–Crippen MR) is 323 cm³/mol. The first kappa shape index (κ1) is 74.8. The van der Waals surface area contributed by atoms with E-state index in [9.17, 15) is 45.6 Å². The molecule has 9 N–H and O–H groups in total. The number of hydrogen-bond acceptors (Lipinski definition) is 13. The first-order chi connectivity index (χ1) is 39.1. The van der Waals surface area contributed by atoms with Crippen molar-refractivity contribution in [1.82, 2.24) is 5.32 Å². The molecule has 1 amide bonds. The van der Waals surface area contributed by atoms with Gasteiger partial charge in [-0.25, -0.2) is 0 Å². The Morgan fingerprint density at radius 2 is 0.775 bits per heavy atom. The van der Waals surface area contributed by atoms with Crippen molar-refractivity contribution in [2.45, 2.75) is 383 Å². The summed E-state index contributed by atoms with van der Waals surface area (Å²) in [6.07, 6.45) is 45.8. The van der Waals surface area contributed by atoms with Crippen LogP contribution >= 0.6 is 0 Å². The average molecular weight is 1140 g/mol. The van der Waals surface area contributed by atoms with E-state index in [-0.39, 0.29) is 18.9 Å². The molecule has 2 aliphatic heterocycles. The van der Waals surface area contributed by atoms with Crippen LogP contribution in [0.1, 0.15) is 309 Å². The maximum Gasteiger partial charge on any atom is 0.220 e. The number of allylic oxidation sites excluding steroid dienone is 1. The molecule has 0 radical (unpaired) electrons. The molecule has 0 aromatic carbocycles. The molecule has 0 aliphatic carbocycles. The van der Waals surface area contributed by atoms with Crippen LogP contribution in [0, 0.1) is 0 Å². The van der Waals surface area contributed by atoms with Crippen molar-refractivity contribution in [2.24, 2.45) is 0 Å². The van der Waals surface area contributed by atoms with Gasteiger partial charge in [0.2, 0.25) is 5.91 Å². The maximum absolute atomic E-state index is 13.3. The van der Waals surface area contributed by atoms with E-state index >= 15 is 0 Å². The van der Waals surface area contributed by atoms with Crippen molar-refractivity contribution >= 4 is 5.91 Å². The van der Waals surface area contributed by atoms with Crippen molar-refractivity contribution in [1.29, 1.82) is 0 Å². The average Bonchev–Trinajstić information content (AvgIpc) is 3.49. The second-order valence-electron chi connectivity index (χ2n) is 24.3. The highest BCUT2D eigenvalue weighted by molar-refractivity contribution is 5.76. The van der Waals surface area contributed by atoms with Crippen molar-refractivity contribution in [2.75, 3.05) is 19.8 Å². The van der Waals surface area contributed by atoms with Crippen LogP contribution in [0.3, 0.4) is 0 Å².